The first-order valence-corrected chi connectivity index (χ1v) is 5.58. The monoisotopic (exact) mass is 222 g/mol. The summed E-state index contributed by atoms with van der Waals surface area (Å²) in [5.41, 5.74) is 3.67. The summed E-state index contributed by atoms with van der Waals surface area (Å²) in [6.45, 7) is 0. The summed E-state index contributed by atoms with van der Waals surface area (Å²) in [6, 6.07) is 7.83. The second-order valence-electron chi connectivity index (χ2n) is 2.92. The Hall–Kier alpha value is -0.740. The summed E-state index contributed by atoms with van der Waals surface area (Å²) in [7, 11) is 0. The Morgan fingerprint density at radius 1 is 0.857 bits per heavy atom. The zero-order valence-corrected chi connectivity index (χ0v) is 9.30. The highest BCUT2D eigenvalue weighted by Gasteiger charge is 2.04. The fourth-order valence-corrected chi connectivity index (χ4v) is 1.83. The van der Waals surface area contributed by atoms with Gasteiger partial charge in [0.25, 0.3) is 0 Å². The Morgan fingerprint density at radius 2 is 1.29 bits per heavy atom. The van der Waals surface area contributed by atoms with E-state index in [4.69, 9.17) is 0 Å². The normalized spacial score (nSPS) is 10.7. The second-order valence-corrected chi connectivity index (χ2v) is 3.55. The number of hydrogen-bond acceptors (Lipinski definition) is 4. The number of para-hydroxylation sites is 2. The molecule has 0 aliphatic rings. The van der Waals surface area contributed by atoms with Crippen molar-refractivity contribution in [1.29, 1.82) is 0 Å². The van der Waals surface area contributed by atoms with Gasteiger partial charge in [-0.1, -0.05) is 12.1 Å². The summed E-state index contributed by atoms with van der Waals surface area (Å²) >= 11 is 8.45. The van der Waals surface area contributed by atoms with Crippen LogP contribution in [0.25, 0.3) is 11.0 Å². The van der Waals surface area contributed by atoms with Crippen LogP contribution >= 0.6 is 25.3 Å². The summed E-state index contributed by atoms with van der Waals surface area (Å²) < 4.78 is 0. The largest absolute Gasteiger partial charge is 0.248 e. The number of nitrogens with zero attached hydrogens (tertiary/aromatic N) is 2. The van der Waals surface area contributed by atoms with Crippen molar-refractivity contribution in [2.45, 2.75) is 11.5 Å². The Bertz CT molecular complexity index is 414. The van der Waals surface area contributed by atoms with Gasteiger partial charge in [-0.2, -0.15) is 25.3 Å². The highest BCUT2D eigenvalue weighted by atomic mass is 32.1. The average molecular weight is 222 g/mol. The molecule has 0 unspecified atom stereocenters. The van der Waals surface area contributed by atoms with Crippen LogP contribution in [0.2, 0.25) is 0 Å². The molecule has 0 aliphatic carbocycles. The smallest absolute Gasteiger partial charge is 0.0890 e. The van der Waals surface area contributed by atoms with Crippen LogP contribution in [0.1, 0.15) is 11.4 Å². The number of fused-ring (bicyclic) bond motifs is 1. The van der Waals surface area contributed by atoms with Crippen LogP contribution in [0.5, 0.6) is 0 Å². The van der Waals surface area contributed by atoms with Crippen molar-refractivity contribution in [2.24, 2.45) is 0 Å². The fraction of sp³-hybridized carbons (Fsp3) is 0.200. The van der Waals surface area contributed by atoms with Crippen molar-refractivity contribution in [2.75, 3.05) is 0 Å². The highest BCUT2D eigenvalue weighted by molar-refractivity contribution is 7.79. The van der Waals surface area contributed by atoms with Crippen LogP contribution in [-0.2, 0) is 11.5 Å². The molecular formula is C10H10N2S2. The molecule has 0 radical (unpaired) electrons. The van der Waals surface area contributed by atoms with Gasteiger partial charge < -0.3 is 0 Å². The van der Waals surface area contributed by atoms with Crippen molar-refractivity contribution >= 4 is 36.3 Å². The minimum Gasteiger partial charge on any atom is -0.248 e. The number of thiol groups is 2. The zero-order valence-electron chi connectivity index (χ0n) is 7.51. The molecule has 0 bridgehead atoms. The second kappa shape index (κ2) is 4.19. The third-order valence-electron chi connectivity index (χ3n) is 2.03. The van der Waals surface area contributed by atoms with E-state index in [0.717, 1.165) is 22.4 Å². The van der Waals surface area contributed by atoms with Crippen molar-refractivity contribution in [3.05, 3.63) is 35.7 Å². The standard InChI is InChI=1S/C10H10N2S2/c13-5-9-10(6-14)12-8-4-2-1-3-7(8)11-9/h1-4,13-14H,5-6H2. The lowest BCUT2D eigenvalue weighted by Gasteiger charge is -2.04. The minimum absolute atomic E-state index is 0.605. The molecule has 0 amide bonds. The summed E-state index contributed by atoms with van der Waals surface area (Å²) in [4.78, 5) is 8.95. The van der Waals surface area contributed by atoms with Gasteiger partial charge in [0.15, 0.2) is 0 Å². The molecule has 0 atom stereocenters. The van der Waals surface area contributed by atoms with Crippen LogP contribution in [0.3, 0.4) is 0 Å². The van der Waals surface area contributed by atoms with E-state index >= 15 is 0 Å². The fourth-order valence-electron chi connectivity index (χ4n) is 1.33. The summed E-state index contributed by atoms with van der Waals surface area (Å²) in [5, 5.41) is 0. The average Bonchev–Trinajstić information content (AvgIpc) is 2.27. The third kappa shape index (κ3) is 1.72. The predicted molar refractivity (Wildman–Crippen MR) is 64.9 cm³/mol. The molecule has 0 spiro atoms. The third-order valence-corrected chi connectivity index (χ3v) is 2.62. The molecular weight excluding hydrogens is 212 g/mol. The minimum atomic E-state index is 0.605. The van der Waals surface area contributed by atoms with Crippen molar-refractivity contribution < 1.29 is 0 Å². The highest BCUT2D eigenvalue weighted by Crippen LogP contribution is 2.15. The molecule has 0 N–H and O–H groups in total. The van der Waals surface area contributed by atoms with Crippen LogP contribution in [0.4, 0.5) is 0 Å². The Balaban J connectivity index is 2.69. The maximum absolute atomic E-state index is 4.48. The summed E-state index contributed by atoms with van der Waals surface area (Å²) in [6.07, 6.45) is 0. The number of hydrogen-bond donors (Lipinski definition) is 2. The Labute approximate surface area is 93.6 Å². The zero-order chi connectivity index (χ0) is 9.97. The van der Waals surface area contributed by atoms with Crippen molar-refractivity contribution in [3.63, 3.8) is 0 Å². The maximum Gasteiger partial charge on any atom is 0.0890 e. The van der Waals surface area contributed by atoms with Crippen molar-refractivity contribution in [3.8, 4) is 0 Å². The van der Waals surface area contributed by atoms with Crippen LogP contribution < -0.4 is 0 Å². The molecule has 1 aromatic heterocycles. The Morgan fingerprint density at radius 3 is 1.64 bits per heavy atom. The van der Waals surface area contributed by atoms with E-state index in [-0.39, 0.29) is 0 Å². The molecule has 0 saturated heterocycles. The first kappa shape index (κ1) is 9.80. The summed E-state index contributed by atoms with van der Waals surface area (Å²) in [5.74, 6) is 1.21. The number of rotatable bonds is 2. The molecule has 14 heavy (non-hydrogen) atoms. The lowest BCUT2D eigenvalue weighted by molar-refractivity contribution is 1.08. The first-order valence-electron chi connectivity index (χ1n) is 4.31. The van der Waals surface area contributed by atoms with Gasteiger partial charge in [0, 0.05) is 11.5 Å². The van der Waals surface area contributed by atoms with E-state index in [1.165, 1.54) is 0 Å². The molecule has 2 aromatic rings. The van der Waals surface area contributed by atoms with Gasteiger partial charge in [-0.05, 0) is 12.1 Å². The van der Waals surface area contributed by atoms with Crippen molar-refractivity contribution in [1.82, 2.24) is 9.97 Å². The number of benzene rings is 1. The SMILES string of the molecule is SCc1nc2ccccc2nc1CS. The molecule has 2 nitrogen and oxygen atoms in total. The van der Waals surface area contributed by atoms with Crippen LogP contribution in [0, 0.1) is 0 Å². The van der Waals surface area contributed by atoms with E-state index < -0.39 is 0 Å². The van der Waals surface area contributed by atoms with E-state index in [0.29, 0.717) is 11.5 Å². The lowest BCUT2D eigenvalue weighted by Crippen LogP contribution is -1.98. The van der Waals surface area contributed by atoms with Crippen LogP contribution in [-0.4, -0.2) is 9.97 Å². The predicted octanol–water partition coefficient (Wildman–Crippen LogP) is 2.49. The van der Waals surface area contributed by atoms with Gasteiger partial charge in [-0.15, -0.1) is 0 Å². The van der Waals surface area contributed by atoms with Gasteiger partial charge in [0.2, 0.25) is 0 Å². The lowest BCUT2D eigenvalue weighted by atomic mass is 10.2. The molecule has 2 rings (SSSR count). The quantitative estimate of drug-likeness (QED) is 0.763. The molecule has 1 aromatic carbocycles. The van der Waals surface area contributed by atoms with Gasteiger partial charge in [-0.3, -0.25) is 0 Å². The van der Waals surface area contributed by atoms with E-state index in [2.05, 4.69) is 35.2 Å². The van der Waals surface area contributed by atoms with Crippen LogP contribution in [0.15, 0.2) is 24.3 Å². The molecule has 1 heterocycles. The van der Waals surface area contributed by atoms with E-state index in [1.807, 2.05) is 24.3 Å². The molecule has 0 saturated carbocycles. The topological polar surface area (TPSA) is 25.8 Å². The molecule has 0 fully saturated rings. The van der Waals surface area contributed by atoms with Gasteiger partial charge in [0.05, 0.1) is 22.4 Å². The maximum atomic E-state index is 4.48. The first-order chi connectivity index (χ1) is 6.85. The van der Waals surface area contributed by atoms with E-state index in [1.54, 1.807) is 0 Å². The Kier molecular flexibility index (Phi) is 2.93. The number of aromatic nitrogens is 2. The molecule has 0 aliphatic heterocycles. The molecule has 4 heteroatoms. The van der Waals surface area contributed by atoms with E-state index in [9.17, 15) is 0 Å². The molecule has 72 valence electrons. The van der Waals surface area contributed by atoms with Gasteiger partial charge in [0.1, 0.15) is 0 Å². The van der Waals surface area contributed by atoms with Gasteiger partial charge >= 0.3 is 0 Å². The van der Waals surface area contributed by atoms with Gasteiger partial charge in [-0.25, -0.2) is 9.97 Å².